The summed E-state index contributed by atoms with van der Waals surface area (Å²) in [5, 5.41) is 13.9. The molecule has 9 nitrogen and oxygen atoms in total. The Balaban J connectivity index is 1.46. The maximum Gasteiger partial charge on any atom is 0.356 e. The third-order valence-corrected chi connectivity index (χ3v) is 6.21. The van der Waals surface area contributed by atoms with E-state index >= 15 is 0 Å². The summed E-state index contributed by atoms with van der Waals surface area (Å²) in [5.41, 5.74) is 2.04. The quantitative estimate of drug-likeness (QED) is 0.581. The number of nitrogens with zero attached hydrogens (tertiary/aromatic N) is 4. The largest absolute Gasteiger partial charge is 0.497 e. The van der Waals surface area contributed by atoms with E-state index in [1.807, 2.05) is 12.1 Å². The summed E-state index contributed by atoms with van der Waals surface area (Å²) in [6, 6.07) is 13.0. The van der Waals surface area contributed by atoms with E-state index in [1.54, 1.807) is 21.9 Å². The Bertz CT molecular complexity index is 1370. The van der Waals surface area contributed by atoms with Crippen LogP contribution in [0.15, 0.2) is 48.5 Å². The smallest absolute Gasteiger partial charge is 0.356 e. The number of benzene rings is 2. The predicted octanol–water partition coefficient (Wildman–Crippen LogP) is 3.30. The lowest BCUT2D eigenvalue weighted by Crippen LogP contribution is -2.39. The van der Waals surface area contributed by atoms with Crippen LogP contribution in [0.3, 0.4) is 0 Å². The van der Waals surface area contributed by atoms with E-state index in [0.29, 0.717) is 29.9 Å². The highest BCUT2D eigenvalue weighted by Crippen LogP contribution is 2.31. The lowest BCUT2D eigenvalue weighted by Gasteiger charge is -2.29. The molecule has 0 atom stereocenters. The molecule has 0 aliphatic carbocycles. The first kappa shape index (κ1) is 18.3. The molecule has 0 unspecified atom stereocenters. The molecule has 2 aliphatic heterocycles. The van der Waals surface area contributed by atoms with Gasteiger partial charge in [0.2, 0.25) is 5.91 Å². The van der Waals surface area contributed by atoms with E-state index in [0.717, 1.165) is 18.5 Å². The minimum Gasteiger partial charge on any atom is -0.497 e. The number of carboxylic acid groups (broad SMARTS) is 1. The zero-order valence-corrected chi connectivity index (χ0v) is 18.2. The van der Waals surface area contributed by atoms with E-state index in [-0.39, 0.29) is 36.0 Å². The maximum absolute atomic E-state index is 13.6. The van der Waals surface area contributed by atoms with Gasteiger partial charge in [-0.25, -0.2) is 9.48 Å². The molecule has 2 amide bonds. The average molecular weight is 465 g/mol. The lowest BCUT2D eigenvalue weighted by atomic mass is 10.0. The fourth-order valence-electron chi connectivity index (χ4n) is 4.51. The van der Waals surface area contributed by atoms with Crippen LogP contribution < -0.4 is 14.5 Å². The number of piperidine rings is 1. The highest BCUT2D eigenvalue weighted by Gasteiger charge is 2.35. The molecule has 0 radical (unpaired) electrons. The van der Waals surface area contributed by atoms with Gasteiger partial charge in [-0.05, 0) is 67.8 Å². The Morgan fingerprint density at radius 2 is 1.62 bits per heavy atom. The monoisotopic (exact) mass is 464 g/mol. The Kier molecular flexibility index (Phi) is 4.66. The number of carbonyl (C=O) groups excluding carboxylic acids is 2. The molecule has 34 heavy (non-hydrogen) atoms. The molecular formula is C25H24N4O5. The second kappa shape index (κ2) is 8.66. The van der Waals surface area contributed by atoms with E-state index in [1.165, 1.54) is 28.9 Å². The van der Waals surface area contributed by atoms with Crippen molar-refractivity contribution >= 4 is 29.2 Å². The van der Waals surface area contributed by atoms with Gasteiger partial charge in [0.15, 0.2) is 5.69 Å². The zero-order valence-electron chi connectivity index (χ0n) is 21.2. The predicted molar refractivity (Wildman–Crippen MR) is 125 cm³/mol. The molecule has 0 saturated carbocycles. The zero-order chi connectivity index (χ0) is 26.3. The number of fused-ring (bicyclic) bond motifs is 1. The van der Waals surface area contributed by atoms with Gasteiger partial charge in [0.1, 0.15) is 11.4 Å². The van der Waals surface area contributed by atoms with Crippen molar-refractivity contribution in [3.8, 4) is 11.4 Å². The summed E-state index contributed by atoms with van der Waals surface area (Å²) in [5.74, 6) is -1.47. The van der Waals surface area contributed by atoms with Gasteiger partial charge >= 0.3 is 5.97 Å². The number of aromatic carboxylic acids is 1. The summed E-state index contributed by atoms with van der Waals surface area (Å²) in [6.45, 7) is 0.933. The topological polar surface area (TPSA) is 105 Å². The number of aromatic nitrogens is 2. The maximum atomic E-state index is 13.6. The highest BCUT2D eigenvalue weighted by atomic mass is 16.5. The fraction of sp³-hybridized carbons (Fsp3) is 0.280. The van der Waals surface area contributed by atoms with Gasteiger partial charge in [-0.3, -0.25) is 9.59 Å². The third-order valence-electron chi connectivity index (χ3n) is 6.21. The van der Waals surface area contributed by atoms with Crippen molar-refractivity contribution in [2.24, 2.45) is 0 Å². The molecule has 0 spiro atoms. The normalized spacial score (nSPS) is 17.6. The van der Waals surface area contributed by atoms with Crippen molar-refractivity contribution in [1.82, 2.24) is 9.78 Å². The first-order chi connectivity index (χ1) is 17.6. The van der Waals surface area contributed by atoms with Crippen LogP contribution in [0.5, 0.6) is 5.75 Å². The number of ether oxygens (including phenoxy) is 1. The second-order valence-electron chi connectivity index (χ2n) is 8.21. The minimum atomic E-state index is -2.61. The molecule has 174 valence electrons. The van der Waals surface area contributed by atoms with Gasteiger partial charge in [-0.2, -0.15) is 5.10 Å². The molecule has 3 heterocycles. The number of rotatable bonds is 5. The molecule has 1 saturated heterocycles. The van der Waals surface area contributed by atoms with Crippen molar-refractivity contribution in [2.75, 3.05) is 29.9 Å². The Hall–Kier alpha value is -4.14. The average Bonchev–Trinajstić information content (AvgIpc) is 3.25. The molecule has 2 aliphatic rings. The number of hydrogen-bond acceptors (Lipinski definition) is 5. The molecule has 1 N–H and O–H groups in total. The SMILES string of the molecule is [2H][13C]([2H])([2H])Oc1ccc(-n2nc(C(=O)O)c3c2C(=O)N(c2ccc(N4CCCCC4=O)cc2)CC3)cc1. The van der Waals surface area contributed by atoms with Gasteiger partial charge in [-0.15, -0.1) is 0 Å². The van der Waals surface area contributed by atoms with Crippen molar-refractivity contribution in [1.29, 1.82) is 0 Å². The Labute approximate surface area is 200 Å². The van der Waals surface area contributed by atoms with E-state index in [4.69, 9.17) is 8.85 Å². The fourth-order valence-corrected chi connectivity index (χ4v) is 4.51. The van der Waals surface area contributed by atoms with Gasteiger partial charge in [0, 0.05) is 36.4 Å². The first-order valence-electron chi connectivity index (χ1n) is 12.5. The number of hydrogen-bond donors (Lipinski definition) is 1. The van der Waals surface area contributed by atoms with Crippen molar-refractivity contribution in [3.05, 3.63) is 65.5 Å². The summed E-state index contributed by atoms with van der Waals surface area (Å²) < 4.78 is 27.9. The molecule has 2 aromatic carbocycles. The van der Waals surface area contributed by atoms with Crippen molar-refractivity contribution < 1.29 is 28.3 Å². The molecular weight excluding hydrogens is 437 g/mol. The van der Waals surface area contributed by atoms with Crippen LogP contribution in [-0.2, 0) is 11.2 Å². The van der Waals surface area contributed by atoms with E-state index in [9.17, 15) is 19.5 Å². The van der Waals surface area contributed by atoms with Crippen LogP contribution in [0.25, 0.3) is 5.69 Å². The van der Waals surface area contributed by atoms with Gasteiger partial charge in [0.05, 0.1) is 16.8 Å². The summed E-state index contributed by atoms with van der Waals surface area (Å²) in [4.78, 5) is 41.1. The summed E-state index contributed by atoms with van der Waals surface area (Å²) in [6.07, 6.45) is 2.64. The molecule has 9 heteroatoms. The molecule has 3 aromatic rings. The Morgan fingerprint density at radius 1 is 0.941 bits per heavy atom. The molecule has 1 aromatic heterocycles. The summed E-state index contributed by atoms with van der Waals surface area (Å²) in [7, 11) is -2.61. The van der Waals surface area contributed by atoms with Crippen LogP contribution >= 0.6 is 0 Å². The number of anilines is 2. The minimum absolute atomic E-state index is 0.0816. The van der Waals surface area contributed by atoms with Gasteiger partial charge in [0.25, 0.3) is 5.91 Å². The van der Waals surface area contributed by atoms with Gasteiger partial charge in [-0.1, -0.05) is 0 Å². The lowest BCUT2D eigenvalue weighted by molar-refractivity contribution is -0.119. The van der Waals surface area contributed by atoms with E-state index < -0.39 is 18.9 Å². The number of carbonyl (C=O) groups is 3. The number of methoxy groups -OCH3 is 1. The van der Waals surface area contributed by atoms with Crippen molar-refractivity contribution in [3.63, 3.8) is 0 Å². The number of carboxylic acids is 1. The van der Waals surface area contributed by atoms with Crippen LogP contribution in [-0.4, -0.2) is 52.8 Å². The van der Waals surface area contributed by atoms with Gasteiger partial charge < -0.3 is 19.6 Å². The van der Waals surface area contributed by atoms with Crippen LogP contribution in [0.1, 0.15) is 49.9 Å². The molecule has 5 rings (SSSR count). The second-order valence-corrected chi connectivity index (χ2v) is 8.21. The molecule has 0 bridgehead atoms. The summed E-state index contributed by atoms with van der Waals surface area (Å²) >= 11 is 0. The standard InChI is InChI=1S/C25H24N4O5/c1-34-19-11-9-18(10-12-19)29-23-20(22(26-29)25(32)33)13-15-28(24(23)31)17-7-5-16(6-8-17)27-14-3-2-4-21(27)30/h5-12H,2-4,13-15H2,1H3,(H,32,33)/i1+1D3. The van der Waals surface area contributed by atoms with Crippen molar-refractivity contribution in [2.45, 2.75) is 25.7 Å². The van der Waals surface area contributed by atoms with Crippen LogP contribution in [0, 0.1) is 0 Å². The van der Waals surface area contributed by atoms with E-state index in [2.05, 4.69) is 5.10 Å². The molecule has 1 fully saturated rings. The van der Waals surface area contributed by atoms with Crippen LogP contribution in [0.4, 0.5) is 11.4 Å². The Morgan fingerprint density at radius 3 is 2.26 bits per heavy atom. The van der Waals surface area contributed by atoms with Crippen LogP contribution in [0.2, 0.25) is 0 Å². The third kappa shape index (κ3) is 3.68. The first-order valence-corrected chi connectivity index (χ1v) is 11.0. The highest BCUT2D eigenvalue weighted by molar-refractivity contribution is 6.09. The number of amides is 2.